The zero-order valence-corrected chi connectivity index (χ0v) is 9.81. The van der Waals surface area contributed by atoms with E-state index in [1.54, 1.807) is 19.2 Å². The summed E-state index contributed by atoms with van der Waals surface area (Å²) in [4.78, 5) is 0. The largest absolute Gasteiger partial charge is 0.495 e. The van der Waals surface area contributed by atoms with Crippen molar-refractivity contribution in [3.05, 3.63) is 29.3 Å². The molecule has 1 saturated heterocycles. The molecule has 1 aromatic carbocycles. The second-order valence-corrected chi connectivity index (χ2v) is 3.94. The number of hydrogen-bond acceptors (Lipinski definition) is 4. The molecule has 1 aliphatic heterocycles. The van der Waals surface area contributed by atoms with Crippen LogP contribution in [0.3, 0.4) is 0 Å². The van der Waals surface area contributed by atoms with E-state index in [1.807, 2.05) is 6.07 Å². The second kappa shape index (κ2) is 5.67. The van der Waals surface area contributed by atoms with E-state index in [0.29, 0.717) is 24.5 Å². The predicted molar refractivity (Wildman–Crippen MR) is 61.7 cm³/mol. The summed E-state index contributed by atoms with van der Waals surface area (Å²) >= 11 is 0. The maximum Gasteiger partial charge on any atom is 0.136 e. The van der Waals surface area contributed by atoms with E-state index >= 15 is 0 Å². The Labute approximate surface area is 101 Å². The lowest BCUT2D eigenvalue weighted by Gasteiger charge is -2.10. The van der Waals surface area contributed by atoms with Crippen LogP contribution >= 0.6 is 0 Å². The summed E-state index contributed by atoms with van der Waals surface area (Å²) in [5.41, 5.74) is 1.52. The number of methoxy groups -OCH3 is 1. The van der Waals surface area contributed by atoms with E-state index in [-0.39, 0.29) is 6.10 Å². The highest BCUT2D eigenvalue weighted by Gasteiger charge is 2.16. The van der Waals surface area contributed by atoms with E-state index in [1.165, 1.54) is 0 Å². The molecular formula is C13H15NO3. The van der Waals surface area contributed by atoms with Gasteiger partial charge in [0.2, 0.25) is 0 Å². The molecule has 1 heterocycles. The predicted octanol–water partition coefficient (Wildman–Crippen LogP) is 1.87. The first-order chi connectivity index (χ1) is 8.33. The van der Waals surface area contributed by atoms with Crippen LogP contribution in [0.1, 0.15) is 17.5 Å². The molecule has 0 saturated carbocycles. The van der Waals surface area contributed by atoms with Crippen LogP contribution in [-0.2, 0) is 16.1 Å². The average Bonchev–Trinajstić information content (AvgIpc) is 2.89. The van der Waals surface area contributed by atoms with Gasteiger partial charge in [-0.1, -0.05) is 6.07 Å². The van der Waals surface area contributed by atoms with Crippen LogP contribution in [0.2, 0.25) is 0 Å². The monoisotopic (exact) mass is 233 g/mol. The van der Waals surface area contributed by atoms with Crippen molar-refractivity contribution in [3.63, 3.8) is 0 Å². The van der Waals surface area contributed by atoms with Crippen molar-refractivity contribution in [2.75, 3.05) is 20.3 Å². The molecule has 0 radical (unpaired) electrons. The summed E-state index contributed by atoms with van der Waals surface area (Å²) in [6, 6.07) is 7.62. The van der Waals surface area contributed by atoms with E-state index in [2.05, 4.69) is 6.07 Å². The molecule has 0 bridgehead atoms. The Morgan fingerprint density at radius 1 is 1.53 bits per heavy atom. The molecule has 0 aromatic heterocycles. The molecule has 2 rings (SSSR count). The fourth-order valence-corrected chi connectivity index (χ4v) is 1.79. The van der Waals surface area contributed by atoms with Gasteiger partial charge in [0.1, 0.15) is 11.8 Å². The quantitative estimate of drug-likeness (QED) is 0.796. The summed E-state index contributed by atoms with van der Waals surface area (Å²) in [5, 5.41) is 8.96. The molecular weight excluding hydrogens is 218 g/mol. The van der Waals surface area contributed by atoms with Gasteiger partial charge in [0.05, 0.1) is 32.0 Å². The summed E-state index contributed by atoms with van der Waals surface area (Å²) in [5.74, 6) is 0.598. The van der Waals surface area contributed by atoms with E-state index < -0.39 is 0 Å². The van der Waals surface area contributed by atoms with E-state index in [9.17, 15) is 0 Å². The summed E-state index contributed by atoms with van der Waals surface area (Å²) in [6.45, 7) is 1.95. The standard InChI is InChI=1S/C13H15NO3/c1-15-13-3-2-10(6-11(13)7-14)8-17-12-4-5-16-9-12/h2-3,6,12H,4-5,8-9H2,1H3. The molecule has 90 valence electrons. The van der Waals surface area contributed by atoms with Gasteiger partial charge >= 0.3 is 0 Å². The van der Waals surface area contributed by atoms with Gasteiger partial charge in [-0.05, 0) is 24.1 Å². The van der Waals surface area contributed by atoms with Gasteiger partial charge in [0.25, 0.3) is 0 Å². The minimum absolute atomic E-state index is 0.183. The van der Waals surface area contributed by atoms with Crippen LogP contribution in [0.15, 0.2) is 18.2 Å². The Bertz CT molecular complexity index is 419. The number of hydrogen-bond donors (Lipinski definition) is 0. The SMILES string of the molecule is COc1ccc(COC2CCOC2)cc1C#N. The van der Waals surface area contributed by atoms with Gasteiger partial charge in [-0.2, -0.15) is 5.26 Å². The van der Waals surface area contributed by atoms with Crippen molar-refractivity contribution in [1.82, 2.24) is 0 Å². The van der Waals surface area contributed by atoms with Gasteiger partial charge in [-0.3, -0.25) is 0 Å². The second-order valence-electron chi connectivity index (χ2n) is 3.94. The number of nitrogens with zero attached hydrogens (tertiary/aromatic N) is 1. The molecule has 1 aromatic rings. The summed E-state index contributed by atoms with van der Waals surface area (Å²) in [7, 11) is 1.56. The van der Waals surface area contributed by atoms with Crippen molar-refractivity contribution in [1.29, 1.82) is 5.26 Å². The number of rotatable bonds is 4. The maximum atomic E-state index is 8.96. The normalized spacial score (nSPS) is 18.9. The van der Waals surface area contributed by atoms with Crippen LogP contribution in [0.25, 0.3) is 0 Å². The van der Waals surface area contributed by atoms with E-state index in [0.717, 1.165) is 18.6 Å². The van der Waals surface area contributed by atoms with Gasteiger partial charge < -0.3 is 14.2 Å². The number of ether oxygens (including phenoxy) is 3. The zero-order chi connectivity index (χ0) is 12.1. The molecule has 0 aliphatic carbocycles. The minimum atomic E-state index is 0.183. The fourth-order valence-electron chi connectivity index (χ4n) is 1.79. The van der Waals surface area contributed by atoms with Crippen LogP contribution in [0.5, 0.6) is 5.75 Å². The topological polar surface area (TPSA) is 51.5 Å². The molecule has 0 spiro atoms. The van der Waals surface area contributed by atoms with Crippen molar-refractivity contribution in [3.8, 4) is 11.8 Å². The first-order valence-corrected chi connectivity index (χ1v) is 5.60. The lowest BCUT2D eigenvalue weighted by atomic mass is 10.1. The Balaban J connectivity index is 1.99. The van der Waals surface area contributed by atoms with Crippen LogP contribution in [0, 0.1) is 11.3 Å². The van der Waals surface area contributed by atoms with Crippen LogP contribution in [0.4, 0.5) is 0 Å². The summed E-state index contributed by atoms with van der Waals surface area (Å²) < 4.78 is 16.0. The lowest BCUT2D eigenvalue weighted by molar-refractivity contribution is 0.0317. The molecule has 4 heteroatoms. The summed E-state index contributed by atoms with van der Waals surface area (Å²) in [6.07, 6.45) is 1.13. The smallest absolute Gasteiger partial charge is 0.136 e. The Kier molecular flexibility index (Phi) is 3.97. The Morgan fingerprint density at radius 2 is 2.41 bits per heavy atom. The first-order valence-electron chi connectivity index (χ1n) is 5.60. The van der Waals surface area contributed by atoms with Crippen molar-refractivity contribution in [2.24, 2.45) is 0 Å². The molecule has 1 unspecified atom stereocenters. The van der Waals surface area contributed by atoms with Gasteiger partial charge in [-0.15, -0.1) is 0 Å². The number of nitriles is 1. The van der Waals surface area contributed by atoms with Crippen molar-refractivity contribution >= 4 is 0 Å². The zero-order valence-electron chi connectivity index (χ0n) is 9.81. The highest BCUT2D eigenvalue weighted by atomic mass is 16.5. The molecule has 1 fully saturated rings. The van der Waals surface area contributed by atoms with Gasteiger partial charge in [0, 0.05) is 6.61 Å². The van der Waals surface area contributed by atoms with Crippen LogP contribution < -0.4 is 4.74 Å². The average molecular weight is 233 g/mol. The molecule has 17 heavy (non-hydrogen) atoms. The first kappa shape index (κ1) is 11.9. The van der Waals surface area contributed by atoms with Crippen molar-refractivity contribution < 1.29 is 14.2 Å². The third kappa shape index (κ3) is 2.96. The Morgan fingerprint density at radius 3 is 3.06 bits per heavy atom. The highest BCUT2D eigenvalue weighted by Crippen LogP contribution is 2.20. The molecule has 1 atom stereocenters. The molecule has 0 N–H and O–H groups in total. The number of benzene rings is 1. The maximum absolute atomic E-state index is 8.96. The minimum Gasteiger partial charge on any atom is -0.495 e. The third-order valence-corrected chi connectivity index (χ3v) is 2.76. The van der Waals surface area contributed by atoms with E-state index in [4.69, 9.17) is 19.5 Å². The highest BCUT2D eigenvalue weighted by molar-refractivity contribution is 5.45. The van der Waals surface area contributed by atoms with Crippen LogP contribution in [-0.4, -0.2) is 26.4 Å². The van der Waals surface area contributed by atoms with Gasteiger partial charge in [0.15, 0.2) is 0 Å². The fraction of sp³-hybridized carbons (Fsp3) is 0.462. The molecule has 4 nitrogen and oxygen atoms in total. The third-order valence-electron chi connectivity index (χ3n) is 2.76. The van der Waals surface area contributed by atoms with Crippen molar-refractivity contribution in [2.45, 2.75) is 19.1 Å². The lowest BCUT2D eigenvalue weighted by Crippen LogP contribution is -2.11. The molecule has 0 amide bonds. The molecule has 1 aliphatic rings. The Hall–Kier alpha value is -1.57. The van der Waals surface area contributed by atoms with Gasteiger partial charge in [-0.25, -0.2) is 0 Å².